The second-order valence-electron chi connectivity index (χ2n) is 7.45. The molecule has 1 saturated carbocycles. The number of hydrogen-bond acceptors (Lipinski definition) is 3. The molecule has 0 heterocycles. The maximum atomic E-state index is 12.2. The fourth-order valence-corrected chi connectivity index (χ4v) is 3.43. The molecule has 1 aliphatic carbocycles. The molecule has 0 aliphatic heterocycles. The van der Waals surface area contributed by atoms with E-state index in [1.165, 1.54) is 0 Å². The zero-order valence-corrected chi connectivity index (χ0v) is 15.7. The lowest BCUT2D eigenvalue weighted by atomic mass is 9.70. The molecule has 0 bridgehead atoms. The quantitative estimate of drug-likeness (QED) is 0.543. The van der Waals surface area contributed by atoms with Crippen molar-refractivity contribution in [2.75, 3.05) is 6.61 Å². The van der Waals surface area contributed by atoms with Crippen LogP contribution in [0.5, 0.6) is 0 Å². The van der Waals surface area contributed by atoms with E-state index in [0.717, 1.165) is 30.2 Å². The van der Waals surface area contributed by atoms with Gasteiger partial charge in [0, 0.05) is 10.0 Å². The molecule has 0 saturated heterocycles. The minimum Gasteiger partial charge on any atom is -0.457 e. The summed E-state index contributed by atoms with van der Waals surface area (Å²) in [5.41, 5.74) is 0.865. The van der Waals surface area contributed by atoms with Crippen LogP contribution >= 0.6 is 15.9 Å². The first kappa shape index (κ1) is 18.2. The second-order valence-corrected chi connectivity index (χ2v) is 8.37. The number of carbonyl (C=O) groups is 2. The van der Waals surface area contributed by atoms with Crippen molar-refractivity contribution in [2.24, 2.45) is 17.3 Å². The molecule has 0 atom stereocenters. The maximum absolute atomic E-state index is 12.2. The van der Waals surface area contributed by atoms with E-state index in [-0.39, 0.29) is 24.3 Å². The highest BCUT2D eigenvalue weighted by Gasteiger charge is 2.33. The monoisotopic (exact) mass is 380 g/mol. The summed E-state index contributed by atoms with van der Waals surface area (Å²) in [6.45, 7) is 6.60. The van der Waals surface area contributed by atoms with Crippen LogP contribution in [0.3, 0.4) is 0 Å². The molecule has 126 valence electrons. The first-order valence-electron chi connectivity index (χ1n) is 8.23. The second kappa shape index (κ2) is 7.61. The van der Waals surface area contributed by atoms with Gasteiger partial charge in [-0.1, -0.05) is 48.8 Å². The van der Waals surface area contributed by atoms with E-state index in [1.807, 2.05) is 12.1 Å². The van der Waals surface area contributed by atoms with Crippen LogP contribution in [0.4, 0.5) is 0 Å². The molecule has 0 spiro atoms. The Balaban J connectivity index is 1.79. The summed E-state index contributed by atoms with van der Waals surface area (Å²) in [6.07, 6.45) is 3.86. The number of carbonyl (C=O) groups excluding carboxylic acids is 2. The fourth-order valence-electron chi connectivity index (χ4n) is 3.17. The van der Waals surface area contributed by atoms with Crippen LogP contribution in [0.25, 0.3) is 0 Å². The molecule has 1 aromatic rings. The van der Waals surface area contributed by atoms with E-state index in [4.69, 9.17) is 4.74 Å². The third-order valence-electron chi connectivity index (χ3n) is 4.80. The molecule has 1 aliphatic rings. The standard InChI is InChI=1S/C19H25BrO3/c1-19(2,3)15-8-4-14(5-9-15)18(22)23-12-17(21)13-6-10-16(20)11-7-13/h6-7,10-11,14-15H,4-5,8-9,12H2,1-3H3. The average molecular weight is 381 g/mol. The lowest BCUT2D eigenvalue weighted by Gasteiger charge is -2.36. The lowest BCUT2D eigenvalue weighted by molar-refractivity contribution is -0.149. The van der Waals surface area contributed by atoms with Crippen LogP contribution in [-0.2, 0) is 9.53 Å². The van der Waals surface area contributed by atoms with Gasteiger partial charge in [-0.15, -0.1) is 0 Å². The highest BCUT2D eigenvalue weighted by Crippen LogP contribution is 2.40. The van der Waals surface area contributed by atoms with Crippen molar-refractivity contribution >= 4 is 27.7 Å². The molecule has 0 aromatic heterocycles. The van der Waals surface area contributed by atoms with E-state index in [9.17, 15) is 9.59 Å². The number of ketones is 1. The number of esters is 1. The topological polar surface area (TPSA) is 43.4 Å². The van der Waals surface area contributed by atoms with Gasteiger partial charge >= 0.3 is 5.97 Å². The normalized spacial score (nSPS) is 21.7. The van der Waals surface area contributed by atoms with Crippen molar-refractivity contribution in [1.82, 2.24) is 0 Å². The number of Topliss-reactive ketones (excluding diaryl/α,β-unsaturated/α-hetero) is 1. The van der Waals surface area contributed by atoms with Crippen LogP contribution in [0.2, 0.25) is 0 Å². The highest BCUT2D eigenvalue weighted by molar-refractivity contribution is 9.10. The molecular formula is C19H25BrO3. The molecule has 2 rings (SSSR count). The van der Waals surface area contributed by atoms with E-state index in [0.29, 0.717) is 16.9 Å². The minimum atomic E-state index is -0.220. The number of benzene rings is 1. The van der Waals surface area contributed by atoms with E-state index < -0.39 is 0 Å². The van der Waals surface area contributed by atoms with E-state index in [2.05, 4.69) is 36.7 Å². The molecule has 23 heavy (non-hydrogen) atoms. The Morgan fingerprint density at radius 1 is 1.09 bits per heavy atom. The number of halogens is 1. The summed E-state index contributed by atoms with van der Waals surface area (Å²) in [5, 5.41) is 0. The van der Waals surface area contributed by atoms with Crippen LogP contribution in [0.1, 0.15) is 56.8 Å². The SMILES string of the molecule is CC(C)(C)C1CCC(C(=O)OCC(=O)c2ccc(Br)cc2)CC1. The molecule has 0 N–H and O–H groups in total. The molecule has 4 heteroatoms. The summed E-state index contributed by atoms with van der Waals surface area (Å²) in [4.78, 5) is 24.2. The van der Waals surface area contributed by atoms with Gasteiger partial charge < -0.3 is 4.74 Å². The van der Waals surface area contributed by atoms with Gasteiger partial charge in [-0.3, -0.25) is 9.59 Å². The molecule has 0 radical (unpaired) electrons. The zero-order valence-electron chi connectivity index (χ0n) is 14.1. The summed E-state index contributed by atoms with van der Waals surface area (Å²) in [6, 6.07) is 7.08. The Bertz CT molecular complexity index is 549. The van der Waals surface area contributed by atoms with Crippen molar-refractivity contribution in [2.45, 2.75) is 46.5 Å². The molecule has 1 aromatic carbocycles. The Morgan fingerprint density at radius 2 is 1.65 bits per heavy atom. The van der Waals surface area contributed by atoms with Crippen LogP contribution < -0.4 is 0 Å². The first-order valence-corrected chi connectivity index (χ1v) is 9.02. The third kappa shape index (κ3) is 5.17. The summed E-state index contributed by atoms with van der Waals surface area (Å²) in [7, 11) is 0. The Labute approximate surface area is 146 Å². The fraction of sp³-hybridized carbons (Fsp3) is 0.579. The van der Waals surface area contributed by atoms with Crippen molar-refractivity contribution in [3.63, 3.8) is 0 Å². The predicted molar refractivity (Wildman–Crippen MR) is 94.3 cm³/mol. The summed E-state index contributed by atoms with van der Waals surface area (Å²) >= 11 is 3.33. The molecule has 3 nitrogen and oxygen atoms in total. The first-order chi connectivity index (χ1) is 10.8. The van der Waals surface area contributed by atoms with Crippen LogP contribution in [-0.4, -0.2) is 18.4 Å². The highest BCUT2D eigenvalue weighted by atomic mass is 79.9. The van der Waals surface area contributed by atoms with Gasteiger partial charge in [0.1, 0.15) is 0 Å². The Morgan fingerprint density at radius 3 is 2.17 bits per heavy atom. The molecule has 0 amide bonds. The van der Waals surface area contributed by atoms with E-state index in [1.54, 1.807) is 12.1 Å². The average Bonchev–Trinajstić information content (AvgIpc) is 2.52. The van der Waals surface area contributed by atoms with E-state index >= 15 is 0 Å². The zero-order chi connectivity index (χ0) is 17.0. The third-order valence-corrected chi connectivity index (χ3v) is 5.33. The van der Waals surface area contributed by atoms with Crippen molar-refractivity contribution in [1.29, 1.82) is 0 Å². The van der Waals surface area contributed by atoms with Gasteiger partial charge in [-0.2, -0.15) is 0 Å². The Hall–Kier alpha value is -1.16. The molecule has 0 unspecified atom stereocenters. The van der Waals surface area contributed by atoms with Crippen molar-refractivity contribution in [3.8, 4) is 0 Å². The van der Waals surface area contributed by atoms with Gasteiger partial charge in [0.25, 0.3) is 0 Å². The van der Waals surface area contributed by atoms with Gasteiger partial charge in [0.05, 0.1) is 5.92 Å². The lowest BCUT2D eigenvalue weighted by Crippen LogP contribution is -2.30. The number of rotatable bonds is 4. The largest absolute Gasteiger partial charge is 0.457 e. The number of hydrogen-bond donors (Lipinski definition) is 0. The smallest absolute Gasteiger partial charge is 0.309 e. The predicted octanol–water partition coefficient (Wildman–Crippen LogP) is 5.03. The summed E-state index contributed by atoms with van der Waals surface area (Å²) in [5.74, 6) is 0.235. The van der Waals surface area contributed by atoms with Crippen molar-refractivity contribution < 1.29 is 14.3 Å². The molecule has 1 fully saturated rings. The van der Waals surface area contributed by atoms with Gasteiger partial charge in [0.15, 0.2) is 12.4 Å². The minimum absolute atomic E-state index is 0.0497. The Kier molecular flexibility index (Phi) is 6.01. The van der Waals surface area contributed by atoms with Gasteiger partial charge in [0.2, 0.25) is 0 Å². The van der Waals surface area contributed by atoms with Crippen LogP contribution in [0, 0.1) is 17.3 Å². The molecular weight excluding hydrogens is 356 g/mol. The number of ether oxygens (including phenoxy) is 1. The maximum Gasteiger partial charge on any atom is 0.309 e. The van der Waals surface area contributed by atoms with Gasteiger partial charge in [-0.05, 0) is 49.1 Å². The van der Waals surface area contributed by atoms with Crippen molar-refractivity contribution in [3.05, 3.63) is 34.3 Å². The van der Waals surface area contributed by atoms with Gasteiger partial charge in [-0.25, -0.2) is 0 Å². The summed E-state index contributed by atoms with van der Waals surface area (Å²) < 4.78 is 6.17. The van der Waals surface area contributed by atoms with Crippen LogP contribution in [0.15, 0.2) is 28.7 Å².